The molecule has 0 spiro atoms. The Balaban J connectivity index is 2.38. The molecule has 104 valence electrons. The first-order chi connectivity index (χ1) is 9.58. The largest absolute Gasteiger partial charge is 0.345 e. The molecule has 0 aliphatic heterocycles. The van der Waals surface area contributed by atoms with Crippen LogP contribution in [-0.4, -0.2) is 33.9 Å². The highest BCUT2D eigenvalue weighted by Gasteiger charge is 2.21. The van der Waals surface area contributed by atoms with Gasteiger partial charge >= 0.3 is 0 Å². The SMILES string of the molecule is CCN(C[C@@H](C)C#N)C(=O)c1c[nH]c2nccc(Cl)c12. The van der Waals surface area contributed by atoms with Crippen LogP contribution in [0.15, 0.2) is 18.5 Å². The highest BCUT2D eigenvalue weighted by atomic mass is 35.5. The molecule has 2 heterocycles. The molecule has 6 heteroatoms. The van der Waals surface area contributed by atoms with Gasteiger partial charge in [-0.1, -0.05) is 11.6 Å². The van der Waals surface area contributed by atoms with E-state index in [2.05, 4.69) is 16.0 Å². The number of carbonyl (C=O) groups excluding carboxylic acids is 1. The number of nitrogens with one attached hydrogen (secondary N) is 1. The maximum absolute atomic E-state index is 12.6. The second-order valence-electron chi connectivity index (χ2n) is 4.59. The molecule has 1 N–H and O–H groups in total. The Morgan fingerprint density at radius 2 is 2.40 bits per heavy atom. The van der Waals surface area contributed by atoms with Crippen LogP contribution in [0.4, 0.5) is 0 Å². The summed E-state index contributed by atoms with van der Waals surface area (Å²) >= 11 is 6.15. The molecule has 0 unspecified atom stereocenters. The number of rotatable bonds is 4. The van der Waals surface area contributed by atoms with Crippen molar-refractivity contribution in [3.8, 4) is 6.07 Å². The van der Waals surface area contributed by atoms with Crippen molar-refractivity contribution < 1.29 is 4.79 Å². The van der Waals surface area contributed by atoms with Crippen molar-refractivity contribution in [2.45, 2.75) is 13.8 Å². The summed E-state index contributed by atoms with van der Waals surface area (Å²) in [6, 6.07) is 3.79. The molecular weight excluding hydrogens is 276 g/mol. The molecule has 5 nitrogen and oxygen atoms in total. The molecule has 2 aromatic rings. The molecule has 0 aliphatic rings. The predicted octanol–water partition coefficient (Wildman–Crippen LogP) is 2.84. The summed E-state index contributed by atoms with van der Waals surface area (Å²) in [5, 5.41) is 10.00. The summed E-state index contributed by atoms with van der Waals surface area (Å²) < 4.78 is 0. The Kier molecular flexibility index (Phi) is 4.26. The van der Waals surface area contributed by atoms with E-state index >= 15 is 0 Å². The number of fused-ring (bicyclic) bond motifs is 1. The van der Waals surface area contributed by atoms with E-state index in [1.165, 1.54) is 0 Å². The Morgan fingerprint density at radius 3 is 3.05 bits per heavy atom. The van der Waals surface area contributed by atoms with Gasteiger partial charge in [0.25, 0.3) is 5.91 Å². The zero-order chi connectivity index (χ0) is 14.7. The lowest BCUT2D eigenvalue weighted by Crippen LogP contribution is -2.34. The van der Waals surface area contributed by atoms with Crippen molar-refractivity contribution in [1.82, 2.24) is 14.9 Å². The summed E-state index contributed by atoms with van der Waals surface area (Å²) in [5.41, 5.74) is 1.08. The van der Waals surface area contributed by atoms with E-state index in [1.54, 1.807) is 30.3 Å². The molecule has 0 aromatic carbocycles. The second kappa shape index (κ2) is 5.93. The van der Waals surface area contributed by atoms with Gasteiger partial charge in [-0.25, -0.2) is 4.98 Å². The van der Waals surface area contributed by atoms with Crippen molar-refractivity contribution in [3.63, 3.8) is 0 Å². The zero-order valence-electron chi connectivity index (χ0n) is 11.4. The average molecular weight is 291 g/mol. The van der Waals surface area contributed by atoms with Crippen LogP contribution in [0.25, 0.3) is 11.0 Å². The third kappa shape index (κ3) is 2.61. The fraction of sp³-hybridized carbons (Fsp3) is 0.357. The summed E-state index contributed by atoms with van der Waals surface area (Å²) in [6.07, 6.45) is 3.20. The van der Waals surface area contributed by atoms with Crippen LogP contribution in [0.1, 0.15) is 24.2 Å². The number of nitriles is 1. The standard InChI is InChI=1S/C14H15ClN4O/c1-3-19(8-9(2)6-16)14(20)10-7-18-13-12(10)11(15)4-5-17-13/h4-5,7,9H,3,8H2,1-2H3,(H,17,18)/t9-/m0/s1. The van der Waals surface area contributed by atoms with Gasteiger partial charge in [-0.2, -0.15) is 5.26 Å². The lowest BCUT2D eigenvalue weighted by atomic mass is 10.1. The Hall–Kier alpha value is -2.06. The third-order valence-electron chi connectivity index (χ3n) is 3.14. The fourth-order valence-electron chi connectivity index (χ4n) is 2.08. The number of carbonyl (C=O) groups is 1. The Bertz CT molecular complexity index is 673. The van der Waals surface area contributed by atoms with Crippen molar-refractivity contribution in [3.05, 3.63) is 29.0 Å². The summed E-state index contributed by atoms with van der Waals surface area (Å²) in [6.45, 7) is 4.61. The molecule has 0 bridgehead atoms. The normalized spacial score (nSPS) is 12.1. The number of halogens is 1. The molecule has 20 heavy (non-hydrogen) atoms. The minimum atomic E-state index is -0.210. The van der Waals surface area contributed by atoms with Gasteiger partial charge in [0.2, 0.25) is 0 Å². The number of pyridine rings is 1. The van der Waals surface area contributed by atoms with Crippen LogP contribution in [0.2, 0.25) is 5.02 Å². The van der Waals surface area contributed by atoms with Crippen LogP contribution in [-0.2, 0) is 0 Å². The monoisotopic (exact) mass is 290 g/mol. The molecule has 0 fully saturated rings. The maximum Gasteiger partial charge on any atom is 0.256 e. The van der Waals surface area contributed by atoms with E-state index in [0.717, 1.165) is 0 Å². The smallest absolute Gasteiger partial charge is 0.256 e. The molecular formula is C14H15ClN4O. The molecule has 0 saturated carbocycles. The fourth-order valence-corrected chi connectivity index (χ4v) is 2.33. The van der Waals surface area contributed by atoms with Gasteiger partial charge in [0, 0.05) is 25.5 Å². The topological polar surface area (TPSA) is 72.8 Å². The molecule has 0 saturated heterocycles. The van der Waals surface area contributed by atoms with Gasteiger partial charge in [0.15, 0.2) is 0 Å². The highest BCUT2D eigenvalue weighted by molar-refractivity contribution is 6.36. The van der Waals surface area contributed by atoms with Crippen LogP contribution in [0, 0.1) is 17.2 Å². The second-order valence-corrected chi connectivity index (χ2v) is 5.00. The van der Waals surface area contributed by atoms with Crippen molar-refractivity contribution >= 4 is 28.5 Å². The van der Waals surface area contributed by atoms with E-state index in [-0.39, 0.29) is 11.8 Å². The van der Waals surface area contributed by atoms with E-state index in [1.807, 2.05) is 6.92 Å². The van der Waals surface area contributed by atoms with Gasteiger partial charge in [-0.3, -0.25) is 4.79 Å². The van der Waals surface area contributed by atoms with Crippen molar-refractivity contribution in [2.24, 2.45) is 5.92 Å². The van der Waals surface area contributed by atoms with Crippen molar-refractivity contribution in [2.75, 3.05) is 13.1 Å². The molecule has 2 aromatic heterocycles. The van der Waals surface area contributed by atoms with Gasteiger partial charge in [0.05, 0.1) is 28.0 Å². The van der Waals surface area contributed by atoms with Gasteiger partial charge < -0.3 is 9.88 Å². The predicted molar refractivity (Wildman–Crippen MR) is 77.5 cm³/mol. The van der Waals surface area contributed by atoms with Crippen LogP contribution >= 0.6 is 11.6 Å². The number of aromatic amines is 1. The average Bonchev–Trinajstić information content (AvgIpc) is 2.89. The van der Waals surface area contributed by atoms with E-state index in [4.69, 9.17) is 16.9 Å². The lowest BCUT2D eigenvalue weighted by Gasteiger charge is -2.21. The number of H-pyrrole nitrogens is 1. The summed E-state index contributed by atoms with van der Waals surface area (Å²) in [4.78, 5) is 21.3. The highest BCUT2D eigenvalue weighted by Crippen LogP contribution is 2.26. The van der Waals surface area contributed by atoms with Crippen molar-refractivity contribution in [1.29, 1.82) is 5.26 Å². The minimum Gasteiger partial charge on any atom is -0.345 e. The van der Waals surface area contributed by atoms with E-state index < -0.39 is 0 Å². The summed E-state index contributed by atoms with van der Waals surface area (Å²) in [7, 11) is 0. The molecule has 2 rings (SSSR count). The van der Waals surface area contributed by atoms with Crippen LogP contribution < -0.4 is 0 Å². The van der Waals surface area contributed by atoms with Gasteiger partial charge in [-0.05, 0) is 19.9 Å². The summed E-state index contributed by atoms with van der Waals surface area (Å²) in [5.74, 6) is -0.353. The van der Waals surface area contributed by atoms with Crippen LogP contribution in [0.5, 0.6) is 0 Å². The number of hydrogen-bond donors (Lipinski definition) is 1. The van der Waals surface area contributed by atoms with Crippen LogP contribution in [0.3, 0.4) is 0 Å². The number of aromatic nitrogens is 2. The Morgan fingerprint density at radius 1 is 1.65 bits per heavy atom. The lowest BCUT2D eigenvalue weighted by molar-refractivity contribution is 0.0754. The number of hydrogen-bond acceptors (Lipinski definition) is 3. The number of nitrogens with zero attached hydrogens (tertiary/aromatic N) is 3. The Labute approximate surface area is 122 Å². The van der Waals surface area contributed by atoms with E-state index in [9.17, 15) is 4.79 Å². The first kappa shape index (κ1) is 14.4. The maximum atomic E-state index is 12.6. The zero-order valence-corrected chi connectivity index (χ0v) is 12.1. The first-order valence-corrected chi connectivity index (χ1v) is 6.76. The third-order valence-corrected chi connectivity index (χ3v) is 3.45. The molecule has 1 atom stereocenters. The van der Waals surface area contributed by atoms with Gasteiger partial charge in [0.1, 0.15) is 5.65 Å². The first-order valence-electron chi connectivity index (χ1n) is 6.39. The minimum absolute atomic E-state index is 0.143. The molecule has 0 radical (unpaired) electrons. The molecule has 1 amide bonds. The van der Waals surface area contributed by atoms with Gasteiger partial charge in [-0.15, -0.1) is 0 Å². The quantitative estimate of drug-likeness (QED) is 0.941. The molecule has 0 aliphatic carbocycles. The van der Waals surface area contributed by atoms with E-state index in [0.29, 0.717) is 34.7 Å². The number of amides is 1.